The van der Waals surface area contributed by atoms with E-state index in [0.717, 1.165) is 9.80 Å². The summed E-state index contributed by atoms with van der Waals surface area (Å²) in [6, 6.07) is 1.35. The molecule has 32 heteroatoms. The molecule has 7 rings (SSSR count). The van der Waals surface area contributed by atoms with Crippen LogP contribution in [0.25, 0.3) is 10.9 Å². The fraction of sp³-hybridized carbons (Fsp3) is 0.556. The maximum Gasteiger partial charge on any atom is 0.246 e. The molecule has 4 aliphatic rings. The summed E-state index contributed by atoms with van der Waals surface area (Å²) in [4.78, 5) is 199. The molecule has 15 N–H and O–H groups in total. The molecule has 13 atom stereocenters. The molecule has 2 saturated heterocycles. The van der Waals surface area contributed by atoms with Crippen LogP contribution < -0.4 is 58.5 Å². The number of carbonyl (C=O) groups is 14. The number of aromatic amines is 1. The van der Waals surface area contributed by atoms with E-state index in [9.17, 15) is 77.6 Å². The van der Waals surface area contributed by atoms with Gasteiger partial charge in [-0.3, -0.25) is 72.0 Å². The third kappa shape index (κ3) is 19.1. The van der Waals surface area contributed by atoms with Gasteiger partial charge in [-0.25, -0.2) is 0 Å². The standard InChI is InChI=1S/C63H86N14O17S/c1-8-31(4)53-59(90)66-26-49(83)70-41-18-17-40-38(37-11-9-10-12-39(37)69-40)22-42(56(87)65-27-50(84)74-53)71-61(92)54(32(5)45(80)29-78)75-58(89)44-21-36(79)28-77(44)62(93)43(72-57(41)88)23-48(82)64-25-34-13-15-35(16-14-34)68-55(86)33(6)67-60(91)52(30(2)3)73-47(81)19-20-76-51(85)24-46(95-7)63(76)94/h9-16,30-33,36,41-46,52-54,69,78-80H,8,17-29H2,1-7H3,(H,64,82)(H,65,87)(H,66,90)(H,67,91)(H,68,86)(H,70,83)(H,71,92)(H,72,88)(H,73,81)(H,74,84)(H,75,89)/t31-,32-,33-,36+,41-,42+,43-,44-,45-,46?,52?,53-,54-/m0/s1. The number of fused-ring (bicyclic) bond motifs is 5. The van der Waals surface area contributed by atoms with Crippen LogP contribution in [0.4, 0.5) is 5.69 Å². The molecule has 0 aliphatic carbocycles. The lowest BCUT2D eigenvalue weighted by atomic mass is 9.93. The molecule has 2 fully saturated rings. The van der Waals surface area contributed by atoms with Crippen molar-refractivity contribution in [2.45, 2.75) is 165 Å². The summed E-state index contributed by atoms with van der Waals surface area (Å²) in [6.07, 6.45) is -2.96. The second-order valence-electron chi connectivity index (χ2n) is 24.7. The maximum atomic E-state index is 15.0. The molecule has 1 aromatic heterocycles. The van der Waals surface area contributed by atoms with Gasteiger partial charge >= 0.3 is 0 Å². The van der Waals surface area contributed by atoms with E-state index in [0.29, 0.717) is 34.1 Å². The first-order chi connectivity index (χ1) is 45.1. The number of rotatable bonds is 19. The van der Waals surface area contributed by atoms with E-state index in [1.54, 1.807) is 70.3 Å². The number of benzene rings is 2. The minimum atomic E-state index is -1.83. The Morgan fingerprint density at radius 1 is 0.726 bits per heavy atom. The summed E-state index contributed by atoms with van der Waals surface area (Å²) in [6.45, 7) is 6.44. The first-order valence-corrected chi connectivity index (χ1v) is 32.9. The highest BCUT2D eigenvalue weighted by molar-refractivity contribution is 8.00. The van der Waals surface area contributed by atoms with E-state index in [1.807, 2.05) is 0 Å². The topological polar surface area (TPSA) is 454 Å². The number of nitrogens with one attached hydrogen (secondary N) is 12. The Balaban J connectivity index is 1.13. The lowest BCUT2D eigenvalue weighted by Gasteiger charge is -2.33. The molecule has 5 heterocycles. The van der Waals surface area contributed by atoms with Crippen LogP contribution in [-0.2, 0) is 86.5 Å². The zero-order valence-electron chi connectivity index (χ0n) is 54.0. The first-order valence-electron chi connectivity index (χ1n) is 31.7. The highest BCUT2D eigenvalue weighted by atomic mass is 32.2. The summed E-state index contributed by atoms with van der Waals surface area (Å²) in [5, 5.41) is 60.9. The first kappa shape index (κ1) is 73.4. The van der Waals surface area contributed by atoms with Gasteiger partial charge in [-0.1, -0.05) is 71.4 Å². The van der Waals surface area contributed by atoms with Crippen molar-refractivity contribution in [2.75, 3.05) is 44.4 Å². The van der Waals surface area contributed by atoms with Crippen molar-refractivity contribution in [1.82, 2.24) is 68.0 Å². The van der Waals surface area contributed by atoms with E-state index in [1.165, 1.54) is 37.7 Å². The smallest absolute Gasteiger partial charge is 0.246 e. The second-order valence-corrected chi connectivity index (χ2v) is 25.8. The van der Waals surface area contributed by atoms with Gasteiger partial charge in [0.2, 0.25) is 82.7 Å². The molecule has 2 aromatic carbocycles. The third-order valence-corrected chi connectivity index (χ3v) is 18.4. The number of nitrogens with zero attached hydrogens (tertiary/aromatic N) is 2. The minimum absolute atomic E-state index is 0.0414. The van der Waals surface area contributed by atoms with Crippen LogP contribution >= 0.6 is 11.8 Å². The van der Waals surface area contributed by atoms with Crippen molar-refractivity contribution < 1.29 is 82.4 Å². The molecule has 2 unspecified atom stereocenters. The molecule has 0 radical (unpaired) electrons. The number of amides is 14. The zero-order chi connectivity index (χ0) is 69.5. The Kier molecular flexibility index (Phi) is 25.8. The van der Waals surface area contributed by atoms with Crippen LogP contribution in [0, 0.1) is 17.8 Å². The van der Waals surface area contributed by atoms with E-state index in [-0.39, 0.29) is 62.7 Å². The number of aromatic nitrogens is 1. The van der Waals surface area contributed by atoms with Crippen LogP contribution in [0.3, 0.4) is 0 Å². The van der Waals surface area contributed by atoms with Crippen molar-refractivity contribution in [3.8, 4) is 0 Å². The fourth-order valence-electron chi connectivity index (χ4n) is 11.6. The van der Waals surface area contributed by atoms with Crippen molar-refractivity contribution in [1.29, 1.82) is 0 Å². The Morgan fingerprint density at radius 2 is 1.41 bits per heavy atom. The average molecular weight is 1340 g/mol. The molecular weight excluding hydrogens is 1260 g/mol. The molecule has 14 amide bonds. The lowest BCUT2D eigenvalue weighted by Crippen LogP contribution is -2.62. The van der Waals surface area contributed by atoms with Crippen LogP contribution in [0.15, 0.2) is 48.5 Å². The van der Waals surface area contributed by atoms with Crippen LogP contribution in [0.2, 0.25) is 0 Å². The number of thioether (sulfide) groups is 1. The summed E-state index contributed by atoms with van der Waals surface area (Å²) < 4.78 is 0. The normalized spacial score (nSPS) is 24.5. The van der Waals surface area contributed by atoms with Gasteiger partial charge in [0.05, 0.1) is 43.6 Å². The quantitative estimate of drug-likeness (QED) is 0.0518. The number of hydrogen-bond donors (Lipinski definition) is 15. The van der Waals surface area contributed by atoms with Crippen molar-refractivity contribution in [3.05, 3.63) is 65.4 Å². The second kappa shape index (κ2) is 33.4. The average Bonchev–Trinajstić information content (AvgIpc) is 1.77. The molecule has 3 aromatic rings. The molecule has 4 aliphatic heterocycles. The lowest BCUT2D eigenvalue weighted by molar-refractivity contribution is -0.144. The van der Waals surface area contributed by atoms with E-state index in [2.05, 4.69) is 63.5 Å². The summed E-state index contributed by atoms with van der Waals surface area (Å²) in [7, 11) is 0. The number of para-hydroxylation sites is 1. The SMILES string of the molecule is CC[C@H](C)[C@@H]1NC(=O)CNC(=O)[C@H]2Cc3c([nH]c4ccccc34)CC[C@H](NC(=O)CNC1=O)C(=O)N[C@@H](CC(=O)NCc1ccc(NC(=O)[C@H](C)NC(=O)C(NC(=O)CCN3C(=O)CC(SC)C3=O)C(C)C)cc1)C(=O)N1C[C@H](O)C[C@H]1C(=O)N[C@@H]([C@@H](C)[C@@H](O)CO)C(=O)N2. The molecular formula is C63H86N14O17S. The van der Waals surface area contributed by atoms with Crippen molar-refractivity contribution >= 4 is 111 Å². The number of likely N-dealkylation sites (tertiary alicyclic amines) is 1. The predicted molar refractivity (Wildman–Crippen MR) is 343 cm³/mol. The number of aliphatic hydroxyl groups excluding tert-OH is 3. The highest BCUT2D eigenvalue weighted by Gasteiger charge is 2.45. The molecule has 31 nitrogen and oxygen atoms in total. The number of imide groups is 1. The Morgan fingerprint density at radius 3 is 2.07 bits per heavy atom. The van der Waals surface area contributed by atoms with Gasteiger partial charge in [0.15, 0.2) is 0 Å². The van der Waals surface area contributed by atoms with Gasteiger partial charge in [0, 0.05) is 73.5 Å². The molecule has 2 bridgehead atoms. The Bertz CT molecular complexity index is 3400. The van der Waals surface area contributed by atoms with Gasteiger partial charge in [-0.2, -0.15) is 11.8 Å². The van der Waals surface area contributed by atoms with Crippen LogP contribution in [0.5, 0.6) is 0 Å². The van der Waals surface area contributed by atoms with Crippen LogP contribution in [-0.4, -0.2) is 218 Å². The number of H-pyrrole nitrogens is 1. The highest BCUT2D eigenvalue weighted by Crippen LogP contribution is 2.28. The largest absolute Gasteiger partial charge is 0.394 e. The van der Waals surface area contributed by atoms with E-state index >= 15 is 4.79 Å². The molecule has 95 heavy (non-hydrogen) atoms. The zero-order valence-corrected chi connectivity index (χ0v) is 54.8. The van der Waals surface area contributed by atoms with E-state index in [4.69, 9.17) is 0 Å². The maximum absolute atomic E-state index is 15.0. The number of carbonyl (C=O) groups excluding carboxylic acids is 14. The fourth-order valence-corrected chi connectivity index (χ4v) is 12.2. The molecule has 0 spiro atoms. The van der Waals surface area contributed by atoms with Gasteiger partial charge in [0.1, 0.15) is 48.3 Å². The van der Waals surface area contributed by atoms with Gasteiger partial charge in [-0.05, 0) is 67.2 Å². The van der Waals surface area contributed by atoms with Gasteiger partial charge in [0.25, 0.3) is 0 Å². The third-order valence-electron chi connectivity index (χ3n) is 17.5. The van der Waals surface area contributed by atoms with Crippen LogP contribution in [0.1, 0.15) is 96.9 Å². The predicted octanol–water partition coefficient (Wildman–Crippen LogP) is -3.51. The number of aliphatic hydroxyl groups is 3. The molecule has 516 valence electrons. The van der Waals surface area contributed by atoms with E-state index < -0.39 is 194 Å². The monoisotopic (exact) mass is 1340 g/mol. The summed E-state index contributed by atoms with van der Waals surface area (Å²) >= 11 is 1.24. The van der Waals surface area contributed by atoms with Gasteiger partial charge in [-0.15, -0.1) is 0 Å². The van der Waals surface area contributed by atoms with Gasteiger partial charge < -0.3 is 83.7 Å². The summed E-state index contributed by atoms with van der Waals surface area (Å²) in [5.41, 5.74) is 2.17. The Hall–Kier alpha value is -9.01. The van der Waals surface area contributed by atoms with Crippen molar-refractivity contribution in [2.24, 2.45) is 17.8 Å². The number of aryl methyl sites for hydroxylation is 1. The minimum Gasteiger partial charge on any atom is -0.394 e. The Labute approximate surface area is 552 Å². The number of hydrogen-bond acceptors (Lipinski definition) is 18. The summed E-state index contributed by atoms with van der Waals surface area (Å²) in [5.74, 6) is -13.2. The number of anilines is 1. The van der Waals surface area contributed by atoms with Crippen molar-refractivity contribution in [3.63, 3.8) is 0 Å². The molecule has 0 saturated carbocycles.